The summed E-state index contributed by atoms with van der Waals surface area (Å²) in [7, 11) is 2.57. The molecule has 1 saturated carbocycles. The van der Waals surface area contributed by atoms with Gasteiger partial charge in [0.25, 0.3) is 0 Å². The lowest BCUT2D eigenvalue weighted by atomic mass is 9.86. The zero-order chi connectivity index (χ0) is 20.8. The van der Waals surface area contributed by atoms with Crippen LogP contribution in [0.1, 0.15) is 53.3 Å². The summed E-state index contributed by atoms with van der Waals surface area (Å²) in [5.41, 5.74) is 0.339. The summed E-state index contributed by atoms with van der Waals surface area (Å²) in [5, 5.41) is 3.43. The van der Waals surface area contributed by atoms with E-state index in [1.165, 1.54) is 27.1 Å². The average Bonchev–Trinajstić information content (AvgIpc) is 2.74. The topological polar surface area (TPSA) is 77.1 Å². The van der Waals surface area contributed by atoms with E-state index in [4.69, 9.17) is 14.2 Å². The van der Waals surface area contributed by atoms with Gasteiger partial charge in [-0.3, -0.25) is 0 Å². The first-order chi connectivity index (χ1) is 14.0. The van der Waals surface area contributed by atoms with E-state index >= 15 is 0 Å². The molecule has 0 aromatic heterocycles. The molecule has 0 amide bonds. The van der Waals surface area contributed by atoms with Crippen LogP contribution < -0.4 is 10.1 Å². The summed E-state index contributed by atoms with van der Waals surface area (Å²) in [6, 6.07) is 5.38. The Labute approximate surface area is 172 Å². The van der Waals surface area contributed by atoms with Crippen LogP contribution in [0.5, 0.6) is 5.75 Å². The summed E-state index contributed by atoms with van der Waals surface area (Å²) in [5.74, 6) is 0.200. The van der Waals surface area contributed by atoms with E-state index in [-0.39, 0.29) is 17.2 Å². The molecule has 0 spiro atoms. The van der Waals surface area contributed by atoms with E-state index in [1.54, 1.807) is 18.2 Å². The molecular weight excluding hydrogens is 372 g/mol. The number of piperidine rings is 1. The van der Waals surface area contributed by atoms with Crippen LogP contribution in [0.25, 0.3) is 0 Å². The highest BCUT2D eigenvalue weighted by Gasteiger charge is 2.35. The number of methoxy groups -OCH3 is 2. The number of rotatable bonds is 8. The van der Waals surface area contributed by atoms with Crippen molar-refractivity contribution >= 4 is 11.9 Å². The fourth-order valence-corrected chi connectivity index (χ4v) is 4.22. The third-order valence-electron chi connectivity index (χ3n) is 6.05. The SMILES string of the molecule is CCN(CC1CCNCC1)[C@H]1C[C@H](Oc2ccc(C(=O)OC)c(C(=O)OC)c2)C1. The van der Waals surface area contributed by atoms with Crippen LogP contribution >= 0.6 is 0 Å². The van der Waals surface area contributed by atoms with Gasteiger partial charge < -0.3 is 24.4 Å². The molecule has 0 bridgehead atoms. The van der Waals surface area contributed by atoms with Crippen LogP contribution in [0.3, 0.4) is 0 Å². The third kappa shape index (κ3) is 5.28. The van der Waals surface area contributed by atoms with Gasteiger partial charge in [-0.2, -0.15) is 0 Å². The van der Waals surface area contributed by atoms with Gasteiger partial charge in [-0.15, -0.1) is 0 Å². The van der Waals surface area contributed by atoms with E-state index < -0.39 is 11.9 Å². The van der Waals surface area contributed by atoms with Crippen LogP contribution in [-0.2, 0) is 9.47 Å². The maximum atomic E-state index is 12.0. The lowest BCUT2D eigenvalue weighted by Gasteiger charge is -2.44. The lowest BCUT2D eigenvalue weighted by Crippen LogP contribution is -2.51. The van der Waals surface area contributed by atoms with E-state index in [1.807, 2.05) is 0 Å². The van der Waals surface area contributed by atoms with Crippen molar-refractivity contribution in [3.63, 3.8) is 0 Å². The Morgan fingerprint density at radius 2 is 1.72 bits per heavy atom. The Hall–Kier alpha value is -2.12. The molecule has 1 aromatic carbocycles. The van der Waals surface area contributed by atoms with Gasteiger partial charge in [0, 0.05) is 25.4 Å². The maximum absolute atomic E-state index is 12.0. The van der Waals surface area contributed by atoms with Crippen molar-refractivity contribution in [2.24, 2.45) is 5.92 Å². The van der Waals surface area contributed by atoms with Crippen molar-refractivity contribution in [1.29, 1.82) is 0 Å². The van der Waals surface area contributed by atoms with Crippen LogP contribution in [0.15, 0.2) is 18.2 Å². The molecule has 1 aliphatic carbocycles. The second-order valence-corrected chi connectivity index (χ2v) is 7.84. The molecule has 0 unspecified atom stereocenters. The van der Waals surface area contributed by atoms with E-state index in [2.05, 4.69) is 17.1 Å². The molecule has 7 heteroatoms. The lowest BCUT2D eigenvalue weighted by molar-refractivity contribution is 0.0104. The molecule has 0 atom stereocenters. The van der Waals surface area contributed by atoms with Gasteiger partial charge in [-0.05, 0) is 56.6 Å². The van der Waals surface area contributed by atoms with Gasteiger partial charge in [0.15, 0.2) is 0 Å². The summed E-state index contributed by atoms with van der Waals surface area (Å²) < 4.78 is 15.6. The highest BCUT2D eigenvalue weighted by atomic mass is 16.5. The minimum absolute atomic E-state index is 0.122. The molecule has 1 N–H and O–H groups in total. The number of nitrogens with one attached hydrogen (secondary N) is 1. The summed E-state index contributed by atoms with van der Waals surface area (Å²) in [6.45, 7) is 6.70. The summed E-state index contributed by atoms with van der Waals surface area (Å²) >= 11 is 0. The van der Waals surface area contributed by atoms with Crippen molar-refractivity contribution in [1.82, 2.24) is 10.2 Å². The van der Waals surface area contributed by atoms with Gasteiger partial charge in [0.1, 0.15) is 11.9 Å². The number of esters is 2. The second kappa shape index (κ2) is 10.1. The Morgan fingerprint density at radius 3 is 2.34 bits per heavy atom. The van der Waals surface area contributed by atoms with Crippen molar-refractivity contribution < 1.29 is 23.8 Å². The molecule has 1 heterocycles. The summed E-state index contributed by atoms with van der Waals surface area (Å²) in [6.07, 6.45) is 4.59. The number of benzene rings is 1. The van der Waals surface area contributed by atoms with Crippen molar-refractivity contribution in [3.8, 4) is 5.75 Å². The summed E-state index contributed by atoms with van der Waals surface area (Å²) in [4.78, 5) is 26.5. The first kappa shape index (κ1) is 21.6. The monoisotopic (exact) mass is 404 g/mol. The average molecular weight is 405 g/mol. The number of ether oxygens (including phenoxy) is 3. The smallest absolute Gasteiger partial charge is 0.338 e. The Morgan fingerprint density at radius 1 is 1.07 bits per heavy atom. The highest BCUT2D eigenvalue weighted by molar-refractivity contribution is 6.03. The molecule has 29 heavy (non-hydrogen) atoms. The molecule has 160 valence electrons. The van der Waals surface area contributed by atoms with Crippen LogP contribution in [0.2, 0.25) is 0 Å². The van der Waals surface area contributed by atoms with Gasteiger partial charge >= 0.3 is 11.9 Å². The van der Waals surface area contributed by atoms with Crippen LogP contribution in [-0.4, -0.2) is 69.4 Å². The molecule has 1 saturated heterocycles. The van der Waals surface area contributed by atoms with Gasteiger partial charge in [0.05, 0.1) is 25.3 Å². The van der Waals surface area contributed by atoms with E-state index in [9.17, 15) is 9.59 Å². The first-order valence-corrected chi connectivity index (χ1v) is 10.5. The van der Waals surface area contributed by atoms with E-state index in [0.29, 0.717) is 11.8 Å². The first-order valence-electron chi connectivity index (χ1n) is 10.5. The molecule has 0 radical (unpaired) electrons. The molecule has 1 aliphatic heterocycles. The van der Waals surface area contributed by atoms with E-state index in [0.717, 1.165) is 44.9 Å². The largest absolute Gasteiger partial charge is 0.490 e. The second-order valence-electron chi connectivity index (χ2n) is 7.84. The maximum Gasteiger partial charge on any atom is 0.338 e. The van der Waals surface area contributed by atoms with Crippen LogP contribution in [0, 0.1) is 5.92 Å². The van der Waals surface area contributed by atoms with Crippen molar-refractivity contribution in [2.75, 3.05) is 40.4 Å². The number of carbonyl (C=O) groups excluding carboxylic acids is 2. The van der Waals surface area contributed by atoms with Gasteiger partial charge in [0.2, 0.25) is 0 Å². The molecule has 7 nitrogen and oxygen atoms in total. The number of nitrogens with zero attached hydrogens (tertiary/aromatic N) is 1. The third-order valence-corrected chi connectivity index (χ3v) is 6.05. The zero-order valence-corrected chi connectivity index (χ0v) is 17.6. The van der Waals surface area contributed by atoms with Crippen molar-refractivity contribution in [2.45, 2.75) is 44.8 Å². The van der Waals surface area contributed by atoms with Crippen LogP contribution in [0.4, 0.5) is 0 Å². The quantitative estimate of drug-likeness (QED) is 0.667. The predicted octanol–water partition coefficient (Wildman–Crippen LogP) is 2.49. The normalized spacial score (nSPS) is 22.1. The number of hydrogen-bond acceptors (Lipinski definition) is 7. The van der Waals surface area contributed by atoms with Gasteiger partial charge in [-0.1, -0.05) is 6.92 Å². The standard InChI is InChI=1S/C22H32N2O5/c1-4-24(14-15-7-9-23-10-8-15)16-11-18(12-16)29-17-5-6-19(21(25)27-2)20(13-17)22(26)28-3/h5-6,13,15-16,18,23H,4,7-12,14H2,1-3H3/t16-,18-. The molecule has 1 aromatic rings. The Kier molecular flexibility index (Phi) is 7.50. The predicted molar refractivity (Wildman–Crippen MR) is 109 cm³/mol. The zero-order valence-electron chi connectivity index (χ0n) is 17.6. The molecule has 2 fully saturated rings. The molecular formula is C22H32N2O5. The minimum Gasteiger partial charge on any atom is -0.490 e. The van der Waals surface area contributed by atoms with Gasteiger partial charge in [-0.25, -0.2) is 9.59 Å². The van der Waals surface area contributed by atoms with Crippen molar-refractivity contribution in [3.05, 3.63) is 29.3 Å². The Balaban J connectivity index is 1.57. The number of hydrogen-bond donors (Lipinski definition) is 1. The minimum atomic E-state index is -0.582. The fraction of sp³-hybridized carbons (Fsp3) is 0.636. The Bertz CT molecular complexity index is 711. The molecule has 3 rings (SSSR count). The highest BCUT2D eigenvalue weighted by Crippen LogP contribution is 2.32. The number of carbonyl (C=O) groups is 2. The fourth-order valence-electron chi connectivity index (χ4n) is 4.22. The molecule has 2 aliphatic rings.